The zero-order valence-corrected chi connectivity index (χ0v) is 28.5. The van der Waals surface area contributed by atoms with Crippen LogP contribution in [0.4, 0.5) is 0 Å². The molecule has 0 amide bonds. The van der Waals surface area contributed by atoms with Crippen LogP contribution < -0.4 is 0 Å². The molecule has 0 unspecified atom stereocenters. The fourth-order valence-corrected chi connectivity index (χ4v) is 6.31. The fraction of sp³-hybridized carbons (Fsp3) is 0.619. The Kier molecular flexibility index (Phi) is 22.7. The zero-order valence-electron chi connectivity index (χ0n) is 28.5. The van der Waals surface area contributed by atoms with Gasteiger partial charge in [-0.1, -0.05) is 189 Å². The van der Waals surface area contributed by atoms with Crippen LogP contribution in [0.1, 0.15) is 153 Å². The summed E-state index contributed by atoms with van der Waals surface area (Å²) >= 11 is 0. The molecule has 0 spiro atoms. The van der Waals surface area contributed by atoms with Gasteiger partial charge in [0.15, 0.2) is 0 Å². The average molecular weight is 587 g/mol. The Morgan fingerprint density at radius 2 is 0.721 bits per heavy atom. The third kappa shape index (κ3) is 19.7. The summed E-state index contributed by atoms with van der Waals surface area (Å²) in [6.45, 7) is 8.92. The van der Waals surface area contributed by atoms with Crippen LogP contribution in [-0.4, -0.2) is 17.6 Å². The largest absolute Gasteiger partial charge is 0.310 e. The van der Waals surface area contributed by atoms with E-state index in [1.54, 1.807) is 0 Å². The maximum absolute atomic E-state index is 2.50. The molecule has 2 rings (SSSR count). The Balaban J connectivity index is 1.89. The molecule has 0 heterocycles. The SMILES string of the molecule is CCCCCCCCCCC/C=C/C[N+](C/C=C/CCCCCCCCCCC)(Cc1ccccc1)Cc1ccccc1. The van der Waals surface area contributed by atoms with E-state index in [9.17, 15) is 0 Å². The van der Waals surface area contributed by atoms with Crippen LogP contribution in [0.15, 0.2) is 85.0 Å². The summed E-state index contributed by atoms with van der Waals surface area (Å²) in [5, 5.41) is 0. The summed E-state index contributed by atoms with van der Waals surface area (Å²) in [5.41, 5.74) is 2.89. The number of rotatable bonds is 28. The molecule has 43 heavy (non-hydrogen) atoms. The van der Waals surface area contributed by atoms with Crippen LogP contribution in [0.25, 0.3) is 0 Å². The van der Waals surface area contributed by atoms with Crippen molar-refractivity contribution in [2.75, 3.05) is 13.1 Å². The average Bonchev–Trinajstić information content (AvgIpc) is 3.03. The Morgan fingerprint density at radius 3 is 1.07 bits per heavy atom. The van der Waals surface area contributed by atoms with E-state index >= 15 is 0 Å². The van der Waals surface area contributed by atoms with Crippen molar-refractivity contribution in [3.8, 4) is 0 Å². The van der Waals surface area contributed by atoms with E-state index in [1.807, 2.05) is 0 Å². The van der Waals surface area contributed by atoms with E-state index in [1.165, 1.54) is 140 Å². The van der Waals surface area contributed by atoms with E-state index in [2.05, 4.69) is 98.8 Å². The number of benzene rings is 2. The molecule has 2 aromatic rings. The summed E-state index contributed by atoms with van der Waals surface area (Å²) in [7, 11) is 0. The highest BCUT2D eigenvalue weighted by Crippen LogP contribution is 2.21. The predicted octanol–water partition coefficient (Wildman–Crippen LogP) is 13.2. The van der Waals surface area contributed by atoms with Gasteiger partial charge in [0.25, 0.3) is 0 Å². The van der Waals surface area contributed by atoms with E-state index in [-0.39, 0.29) is 0 Å². The summed E-state index contributed by atoms with van der Waals surface area (Å²) in [6, 6.07) is 22.4. The molecular weight excluding hydrogens is 518 g/mol. The summed E-state index contributed by atoms with van der Waals surface area (Å²) < 4.78 is 1.05. The summed E-state index contributed by atoms with van der Waals surface area (Å²) in [5.74, 6) is 0. The lowest BCUT2D eigenvalue weighted by Crippen LogP contribution is -2.46. The lowest BCUT2D eigenvalue weighted by molar-refractivity contribution is -0.943. The summed E-state index contributed by atoms with van der Waals surface area (Å²) in [4.78, 5) is 0. The van der Waals surface area contributed by atoms with Gasteiger partial charge in [-0.2, -0.15) is 0 Å². The Labute approximate surface area is 268 Å². The normalized spacial score (nSPS) is 12.1. The summed E-state index contributed by atoms with van der Waals surface area (Å²) in [6.07, 6.45) is 37.6. The second kappa shape index (κ2) is 26.3. The van der Waals surface area contributed by atoms with E-state index in [4.69, 9.17) is 0 Å². The first-order valence-corrected chi connectivity index (χ1v) is 18.5. The molecule has 0 aliphatic rings. The fourth-order valence-electron chi connectivity index (χ4n) is 6.31. The van der Waals surface area contributed by atoms with Gasteiger partial charge < -0.3 is 4.48 Å². The van der Waals surface area contributed by atoms with E-state index < -0.39 is 0 Å². The highest BCUT2D eigenvalue weighted by molar-refractivity contribution is 5.16. The molecule has 0 radical (unpaired) electrons. The lowest BCUT2D eigenvalue weighted by Gasteiger charge is -2.37. The Hall–Kier alpha value is -2.12. The van der Waals surface area contributed by atoms with Gasteiger partial charge in [-0.25, -0.2) is 0 Å². The lowest BCUT2D eigenvalue weighted by atomic mass is 10.1. The molecule has 0 bridgehead atoms. The van der Waals surface area contributed by atoms with Crippen molar-refractivity contribution in [3.63, 3.8) is 0 Å². The molecule has 0 N–H and O–H groups in total. The number of quaternary nitrogens is 1. The number of hydrogen-bond acceptors (Lipinski definition) is 0. The second-order valence-corrected chi connectivity index (χ2v) is 13.2. The predicted molar refractivity (Wildman–Crippen MR) is 192 cm³/mol. The van der Waals surface area contributed by atoms with Gasteiger partial charge in [0.2, 0.25) is 0 Å². The minimum absolute atomic E-state index is 1.05. The first-order chi connectivity index (χ1) is 21.3. The quantitative estimate of drug-likeness (QED) is 0.0528. The first-order valence-electron chi connectivity index (χ1n) is 18.5. The third-order valence-corrected chi connectivity index (χ3v) is 8.99. The molecule has 0 saturated heterocycles. The molecule has 0 saturated carbocycles. The van der Waals surface area contributed by atoms with Gasteiger partial charge in [0.05, 0.1) is 13.1 Å². The Bertz CT molecular complexity index is 835. The van der Waals surface area contributed by atoms with E-state index in [0.717, 1.165) is 30.7 Å². The van der Waals surface area contributed by atoms with Gasteiger partial charge in [-0.3, -0.25) is 0 Å². The Morgan fingerprint density at radius 1 is 0.395 bits per heavy atom. The molecular formula is C42H68N+. The smallest absolute Gasteiger partial charge is 0.105 e. The maximum Gasteiger partial charge on any atom is 0.105 e. The van der Waals surface area contributed by atoms with Crippen LogP contribution in [0.3, 0.4) is 0 Å². The standard InChI is InChI=1S/C42H68N/c1-3-5-7-9-11-13-15-17-19-21-23-31-37-43(39-41-33-27-25-28-34-41,40-42-35-29-26-30-36-42)38-32-24-22-20-18-16-14-12-10-8-6-4-2/h23-36H,3-22,37-40H2,1-2H3/q+1/b31-23+,32-24+. The highest BCUT2D eigenvalue weighted by atomic mass is 15.3. The molecule has 1 nitrogen and oxygen atoms in total. The van der Waals surface area contributed by atoms with Crippen molar-refractivity contribution in [1.29, 1.82) is 0 Å². The molecule has 240 valence electrons. The van der Waals surface area contributed by atoms with Crippen molar-refractivity contribution in [3.05, 3.63) is 96.1 Å². The van der Waals surface area contributed by atoms with Gasteiger partial charge in [0, 0.05) is 11.1 Å². The molecule has 1 heteroatoms. The van der Waals surface area contributed by atoms with Crippen LogP contribution in [0.2, 0.25) is 0 Å². The van der Waals surface area contributed by atoms with Crippen LogP contribution in [-0.2, 0) is 13.1 Å². The molecule has 2 aromatic carbocycles. The molecule has 0 fully saturated rings. The van der Waals surface area contributed by atoms with Gasteiger partial charge >= 0.3 is 0 Å². The van der Waals surface area contributed by atoms with Crippen molar-refractivity contribution in [1.82, 2.24) is 0 Å². The topological polar surface area (TPSA) is 0 Å². The van der Waals surface area contributed by atoms with Crippen molar-refractivity contribution < 1.29 is 4.48 Å². The molecule has 0 aliphatic heterocycles. The zero-order chi connectivity index (χ0) is 30.5. The monoisotopic (exact) mass is 587 g/mol. The number of nitrogens with zero attached hydrogens (tertiary/aromatic N) is 1. The third-order valence-electron chi connectivity index (χ3n) is 8.99. The van der Waals surface area contributed by atoms with Gasteiger partial charge in [-0.15, -0.1) is 0 Å². The van der Waals surface area contributed by atoms with E-state index in [0.29, 0.717) is 0 Å². The first kappa shape index (κ1) is 37.1. The molecule has 0 aromatic heterocycles. The number of allylic oxidation sites excluding steroid dienone is 2. The van der Waals surface area contributed by atoms with Crippen LogP contribution >= 0.6 is 0 Å². The van der Waals surface area contributed by atoms with Crippen LogP contribution in [0, 0.1) is 0 Å². The molecule has 0 aliphatic carbocycles. The van der Waals surface area contributed by atoms with Gasteiger partial charge in [-0.05, 0) is 37.8 Å². The number of hydrogen-bond donors (Lipinski definition) is 0. The minimum atomic E-state index is 1.05. The highest BCUT2D eigenvalue weighted by Gasteiger charge is 2.26. The maximum atomic E-state index is 2.50. The number of unbranched alkanes of at least 4 members (excludes halogenated alkanes) is 18. The van der Waals surface area contributed by atoms with Crippen molar-refractivity contribution in [2.45, 2.75) is 155 Å². The minimum Gasteiger partial charge on any atom is -0.310 e. The van der Waals surface area contributed by atoms with Gasteiger partial charge in [0.1, 0.15) is 13.1 Å². The molecule has 0 atom stereocenters. The van der Waals surface area contributed by atoms with Crippen LogP contribution in [0.5, 0.6) is 0 Å². The van der Waals surface area contributed by atoms with Crippen molar-refractivity contribution >= 4 is 0 Å². The second-order valence-electron chi connectivity index (χ2n) is 13.2. The van der Waals surface area contributed by atoms with Crippen molar-refractivity contribution in [2.24, 2.45) is 0 Å².